The van der Waals surface area contributed by atoms with Crippen molar-refractivity contribution in [3.05, 3.63) is 72.7 Å². The van der Waals surface area contributed by atoms with Crippen molar-refractivity contribution >= 4 is 29.3 Å². The van der Waals surface area contributed by atoms with Gasteiger partial charge in [0.15, 0.2) is 0 Å². The number of pyridine rings is 1. The molecule has 1 amide bonds. The van der Waals surface area contributed by atoms with Gasteiger partial charge in [0.1, 0.15) is 11.6 Å². The SMILES string of the molecule is C=CCc1nc(Nc2ccc(C(=O)Nc3ccccc3)cn2)nc(N2CCN(CCO)CC2)n1. The summed E-state index contributed by atoms with van der Waals surface area (Å²) in [4.78, 5) is 34.8. The van der Waals surface area contributed by atoms with Crippen molar-refractivity contribution in [3.63, 3.8) is 0 Å². The van der Waals surface area contributed by atoms with Gasteiger partial charge in [-0.15, -0.1) is 6.58 Å². The molecular formula is C24H28N8O2. The molecule has 2 aromatic heterocycles. The molecule has 0 radical (unpaired) electrons. The molecule has 0 atom stereocenters. The van der Waals surface area contributed by atoms with Crippen LogP contribution in [0.5, 0.6) is 0 Å². The highest BCUT2D eigenvalue weighted by atomic mass is 16.3. The minimum absolute atomic E-state index is 0.156. The summed E-state index contributed by atoms with van der Waals surface area (Å²) in [7, 11) is 0. The van der Waals surface area contributed by atoms with Gasteiger partial charge in [-0.05, 0) is 24.3 Å². The van der Waals surface area contributed by atoms with E-state index in [2.05, 4.69) is 46.9 Å². The lowest BCUT2D eigenvalue weighted by atomic mass is 10.2. The number of β-amino-alcohol motifs (C(OH)–C–C–N with tert-alkyl or cyclic N) is 1. The number of amides is 1. The van der Waals surface area contributed by atoms with E-state index in [1.165, 1.54) is 6.20 Å². The van der Waals surface area contributed by atoms with E-state index in [9.17, 15) is 4.79 Å². The lowest BCUT2D eigenvalue weighted by molar-refractivity contribution is 0.102. The standard InChI is InChI=1S/C24H28N8O2/c1-2-6-21-28-23(30-24(29-21)32-13-11-31(12-14-32)15-16-33)27-20-10-9-18(17-25-20)22(34)26-19-7-4-3-5-8-19/h2-5,7-10,17,33H,1,6,11-16H2,(H,26,34)(H,25,27,28,29,30). The first kappa shape index (κ1) is 23.3. The van der Waals surface area contributed by atoms with Gasteiger partial charge < -0.3 is 20.6 Å². The van der Waals surface area contributed by atoms with Gasteiger partial charge in [0.25, 0.3) is 5.91 Å². The number of rotatable bonds is 9. The number of anilines is 4. The van der Waals surface area contributed by atoms with Gasteiger partial charge in [0.2, 0.25) is 11.9 Å². The van der Waals surface area contributed by atoms with Crippen LogP contribution in [0.2, 0.25) is 0 Å². The van der Waals surface area contributed by atoms with Crippen LogP contribution in [0.15, 0.2) is 61.3 Å². The zero-order valence-corrected chi connectivity index (χ0v) is 18.9. The molecule has 3 aromatic rings. The second kappa shape index (κ2) is 11.3. The number of carbonyl (C=O) groups excluding carboxylic acids is 1. The quantitative estimate of drug-likeness (QED) is 0.412. The summed E-state index contributed by atoms with van der Waals surface area (Å²) >= 11 is 0. The Labute approximate surface area is 198 Å². The molecule has 0 bridgehead atoms. The largest absolute Gasteiger partial charge is 0.395 e. The molecule has 34 heavy (non-hydrogen) atoms. The van der Waals surface area contributed by atoms with E-state index in [-0.39, 0.29) is 12.5 Å². The molecule has 1 fully saturated rings. The fourth-order valence-corrected chi connectivity index (χ4v) is 3.58. The van der Waals surface area contributed by atoms with Crippen LogP contribution in [0.4, 0.5) is 23.4 Å². The van der Waals surface area contributed by atoms with Crippen molar-refractivity contribution in [2.75, 3.05) is 54.9 Å². The molecule has 1 aliphatic heterocycles. The van der Waals surface area contributed by atoms with Crippen LogP contribution in [-0.4, -0.2) is 75.2 Å². The Hall–Kier alpha value is -3.89. The van der Waals surface area contributed by atoms with Gasteiger partial charge in [0.05, 0.1) is 12.2 Å². The summed E-state index contributed by atoms with van der Waals surface area (Å²) in [5.74, 6) is 1.87. The number of carbonyl (C=O) groups is 1. The summed E-state index contributed by atoms with van der Waals surface area (Å²) in [5.41, 5.74) is 1.16. The fourth-order valence-electron chi connectivity index (χ4n) is 3.58. The maximum Gasteiger partial charge on any atom is 0.257 e. The van der Waals surface area contributed by atoms with Crippen LogP contribution in [-0.2, 0) is 6.42 Å². The number of hydrogen-bond acceptors (Lipinski definition) is 9. The fraction of sp³-hybridized carbons (Fsp3) is 0.292. The van der Waals surface area contributed by atoms with Crippen molar-refractivity contribution in [1.29, 1.82) is 0 Å². The summed E-state index contributed by atoms with van der Waals surface area (Å²) < 4.78 is 0. The number of hydrogen-bond donors (Lipinski definition) is 3. The lowest BCUT2D eigenvalue weighted by Crippen LogP contribution is -2.47. The number of benzene rings is 1. The smallest absolute Gasteiger partial charge is 0.257 e. The van der Waals surface area contributed by atoms with Crippen LogP contribution in [0.3, 0.4) is 0 Å². The molecule has 1 saturated heterocycles. The summed E-state index contributed by atoms with van der Waals surface area (Å²) in [6.45, 7) is 7.81. The molecule has 4 rings (SSSR count). The van der Waals surface area contributed by atoms with Gasteiger partial charge in [-0.3, -0.25) is 9.69 Å². The first-order valence-corrected chi connectivity index (χ1v) is 11.2. The van der Waals surface area contributed by atoms with Crippen LogP contribution < -0.4 is 15.5 Å². The zero-order chi connectivity index (χ0) is 23.8. The predicted octanol–water partition coefficient (Wildman–Crippen LogP) is 2.11. The Balaban J connectivity index is 1.45. The highest BCUT2D eigenvalue weighted by Gasteiger charge is 2.20. The molecule has 3 N–H and O–H groups in total. The number of nitrogens with zero attached hydrogens (tertiary/aromatic N) is 6. The third-order valence-corrected chi connectivity index (χ3v) is 5.37. The maximum absolute atomic E-state index is 12.4. The Morgan fingerprint density at radius 1 is 1.06 bits per heavy atom. The minimum atomic E-state index is -0.235. The van der Waals surface area contributed by atoms with Gasteiger partial charge in [-0.25, -0.2) is 4.98 Å². The molecule has 0 unspecified atom stereocenters. The second-order valence-corrected chi connectivity index (χ2v) is 7.80. The monoisotopic (exact) mass is 460 g/mol. The molecule has 1 aromatic carbocycles. The van der Waals surface area contributed by atoms with Crippen LogP contribution in [0.1, 0.15) is 16.2 Å². The number of allylic oxidation sites excluding steroid dienone is 1. The van der Waals surface area contributed by atoms with Gasteiger partial charge in [-0.2, -0.15) is 15.0 Å². The number of nitrogens with one attached hydrogen (secondary N) is 2. The summed E-state index contributed by atoms with van der Waals surface area (Å²) in [5, 5.41) is 15.1. The molecule has 1 aliphatic rings. The molecule has 0 spiro atoms. The summed E-state index contributed by atoms with van der Waals surface area (Å²) in [6, 6.07) is 12.7. The van der Waals surface area contributed by atoms with E-state index in [0.717, 1.165) is 31.9 Å². The van der Waals surface area contributed by atoms with Gasteiger partial charge >= 0.3 is 0 Å². The van der Waals surface area contributed by atoms with E-state index < -0.39 is 0 Å². The second-order valence-electron chi connectivity index (χ2n) is 7.80. The maximum atomic E-state index is 12.4. The van der Waals surface area contributed by atoms with E-state index in [4.69, 9.17) is 5.11 Å². The molecule has 0 aliphatic carbocycles. The average Bonchev–Trinajstić information content (AvgIpc) is 2.86. The zero-order valence-electron chi connectivity index (χ0n) is 18.9. The van der Waals surface area contributed by atoms with E-state index in [1.807, 2.05) is 30.3 Å². The molecular weight excluding hydrogens is 432 g/mol. The van der Waals surface area contributed by atoms with Crippen molar-refractivity contribution in [3.8, 4) is 0 Å². The van der Waals surface area contributed by atoms with Gasteiger partial charge in [0, 0.05) is 51.0 Å². The van der Waals surface area contributed by atoms with Crippen LogP contribution >= 0.6 is 0 Å². The molecule has 10 nitrogen and oxygen atoms in total. The topological polar surface area (TPSA) is 119 Å². The number of piperazine rings is 1. The first-order valence-electron chi connectivity index (χ1n) is 11.2. The van der Waals surface area contributed by atoms with E-state index >= 15 is 0 Å². The Kier molecular flexibility index (Phi) is 7.74. The number of aromatic nitrogens is 4. The van der Waals surface area contributed by atoms with Crippen LogP contribution in [0.25, 0.3) is 0 Å². The Bertz CT molecular complexity index is 1100. The van der Waals surface area contributed by atoms with Crippen molar-refractivity contribution in [1.82, 2.24) is 24.8 Å². The number of aliphatic hydroxyl groups excluding tert-OH is 1. The summed E-state index contributed by atoms with van der Waals surface area (Å²) in [6.07, 6.45) is 3.77. The highest BCUT2D eigenvalue weighted by Crippen LogP contribution is 2.17. The Morgan fingerprint density at radius 2 is 1.85 bits per heavy atom. The normalized spacial score (nSPS) is 14.0. The molecule has 3 heterocycles. The number of para-hydroxylation sites is 1. The molecule has 10 heteroatoms. The third-order valence-electron chi connectivity index (χ3n) is 5.37. The predicted molar refractivity (Wildman–Crippen MR) is 131 cm³/mol. The van der Waals surface area contributed by atoms with Crippen molar-refractivity contribution in [2.24, 2.45) is 0 Å². The van der Waals surface area contributed by atoms with Gasteiger partial charge in [-0.1, -0.05) is 24.3 Å². The van der Waals surface area contributed by atoms with Crippen molar-refractivity contribution in [2.45, 2.75) is 6.42 Å². The minimum Gasteiger partial charge on any atom is -0.395 e. The highest BCUT2D eigenvalue weighted by molar-refractivity contribution is 6.04. The van der Waals surface area contributed by atoms with E-state index in [1.54, 1.807) is 18.2 Å². The molecule has 176 valence electrons. The lowest BCUT2D eigenvalue weighted by Gasteiger charge is -2.34. The Morgan fingerprint density at radius 3 is 2.53 bits per heavy atom. The first-order chi connectivity index (χ1) is 16.6. The van der Waals surface area contributed by atoms with Crippen LogP contribution in [0, 0.1) is 0 Å². The van der Waals surface area contributed by atoms with Crippen molar-refractivity contribution < 1.29 is 9.90 Å². The number of aliphatic hydroxyl groups is 1. The molecule has 0 saturated carbocycles. The van der Waals surface area contributed by atoms with E-state index in [0.29, 0.717) is 42.1 Å². The average molecular weight is 461 g/mol. The third kappa shape index (κ3) is 6.12.